The van der Waals surface area contributed by atoms with Gasteiger partial charge in [-0.15, -0.1) is 11.3 Å². The van der Waals surface area contributed by atoms with Crippen LogP contribution in [-0.4, -0.2) is 13.1 Å². The van der Waals surface area contributed by atoms with Crippen molar-refractivity contribution >= 4 is 29.5 Å². The maximum absolute atomic E-state index is 12.1. The molecule has 3 nitrogen and oxygen atoms in total. The molecular formula is C20H16O3S. The molecule has 4 heteroatoms. The summed E-state index contributed by atoms with van der Waals surface area (Å²) in [5.41, 5.74) is 2.08. The summed E-state index contributed by atoms with van der Waals surface area (Å²) in [6, 6.07) is 19.1. The lowest BCUT2D eigenvalue weighted by molar-refractivity contribution is 0.0735. The minimum Gasteiger partial charge on any atom is -0.493 e. The second kappa shape index (κ2) is 7.62. The Bertz CT molecular complexity index is 837. The molecule has 3 aromatic rings. The Kier molecular flexibility index (Phi) is 5.08. The van der Waals surface area contributed by atoms with Crippen molar-refractivity contribution in [1.29, 1.82) is 0 Å². The first-order valence-electron chi connectivity index (χ1n) is 7.43. The quantitative estimate of drug-likeness (QED) is 0.367. The van der Waals surface area contributed by atoms with Gasteiger partial charge in [0.05, 0.1) is 7.11 Å². The van der Waals surface area contributed by atoms with E-state index in [0.29, 0.717) is 16.4 Å². The molecule has 1 aromatic heterocycles. The Balaban J connectivity index is 1.78. The zero-order valence-electron chi connectivity index (χ0n) is 13.1. The average molecular weight is 336 g/mol. The van der Waals surface area contributed by atoms with Gasteiger partial charge in [0.1, 0.15) is 4.88 Å². The molecule has 0 radical (unpaired) electrons. The number of methoxy groups -OCH3 is 1. The highest BCUT2D eigenvalue weighted by Crippen LogP contribution is 2.30. The summed E-state index contributed by atoms with van der Waals surface area (Å²) < 4.78 is 10.8. The van der Waals surface area contributed by atoms with Gasteiger partial charge in [0.25, 0.3) is 0 Å². The van der Waals surface area contributed by atoms with Crippen LogP contribution in [0.1, 0.15) is 20.8 Å². The number of ether oxygens (including phenoxy) is 2. The highest BCUT2D eigenvalue weighted by Gasteiger charge is 2.13. The smallest absolute Gasteiger partial charge is 0.353 e. The Morgan fingerprint density at radius 1 is 0.917 bits per heavy atom. The number of carbonyl (C=O) groups is 1. The van der Waals surface area contributed by atoms with Gasteiger partial charge in [0.2, 0.25) is 0 Å². The molecule has 0 unspecified atom stereocenters. The van der Waals surface area contributed by atoms with E-state index in [4.69, 9.17) is 9.47 Å². The predicted octanol–water partition coefficient (Wildman–Crippen LogP) is 5.15. The standard InChI is InChI=1S/C20H16O3S/c1-22-18-14-16(10-9-15-6-3-2-4-7-15)11-12-17(18)23-20(21)19-8-5-13-24-19/h2-14H,1H3/b10-9-. The lowest BCUT2D eigenvalue weighted by atomic mass is 10.1. The van der Waals surface area contributed by atoms with Gasteiger partial charge < -0.3 is 9.47 Å². The summed E-state index contributed by atoms with van der Waals surface area (Å²) in [5, 5.41) is 1.84. The van der Waals surface area contributed by atoms with E-state index in [1.807, 2.05) is 66.1 Å². The summed E-state index contributed by atoms with van der Waals surface area (Å²) in [5.74, 6) is 0.554. The SMILES string of the molecule is COc1cc(/C=C\c2ccccc2)ccc1OC(=O)c1cccs1. The second-order valence-corrected chi connectivity index (χ2v) is 5.97. The van der Waals surface area contributed by atoms with E-state index in [2.05, 4.69) is 0 Å². The van der Waals surface area contributed by atoms with E-state index in [9.17, 15) is 4.79 Å². The average Bonchev–Trinajstić information content (AvgIpc) is 3.16. The molecule has 0 saturated carbocycles. The van der Waals surface area contributed by atoms with Gasteiger partial charge in [0.15, 0.2) is 11.5 Å². The van der Waals surface area contributed by atoms with Gasteiger partial charge in [-0.2, -0.15) is 0 Å². The number of hydrogen-bond acceptors (Lipinski definition) is 4. The summed E-state index contributed by atoms with van der Waals surface area (Å²) in [4.78, 5) is 12.6. The van der Waals surface area contributed by atoms with Crippen LogP contribution in [0.3, 0.4) is 0 Å². The molecule has 0 aliphatic carbocycles. The zero-order chi connectivity index (χ0) is 16.8. The molecule has 0 saturated heterocycles. The van der Waals surface area contributed by atoms with Gasteiger partial charge in [-0.3, -0.25) is 0 Å². The van der Waals surface area contributed by atoms with Crippen molar-refractivity contribution < 1.29 is 14.3 Å². The summed E-state index contributed by atoms with van der Waals surface area (Å²) in [7, 11) is 1.56. The zero-order valence-corrected chi connectivity index (χ0v) is 14.0. The van der Waals surface area contributed by atoms with Gasteiger partial charge in [-0.05, 0) is 34.7 Å². The van der Waals surface area contributed by atoms with Crippen molar-refractivity contribution in [2.75, 3.05) is 7.11 Å². The molecule has 120 valence electrons. The van der Waals surface area contributed by atoms with Crippen molar-refractivity contribution in [3.8, 4) is 11.5 Å². The molecule has 0 N–H and O–H groups in total. The van der Waals surface area contributed by atoms with Crippen LogP contribution in [0.25, 0.3) is 12.2 Å². The number of hydrogen-bond donors (Lipinski definition) is 0. The fourth-order valence-electron chi connectivity index (χ4n) is 2.17. The van der Waals surface area contributed by atoms with E-state index >= 15 is 0 Å². The van der Waals surface area contributed by atoms with Crippen molar-refractivity contribution in [3.63, 3.8) is 0 Å². The van der Waals surface area contributed by atoms with E-state index in [1.165, 1.54) is 11.3 Å². The number of benzene rings is 2. The van der Waals surface area contributed by atoms with Crippen LogP contribution in [-0.2, 0) is 0 Å². The minimum absolute atomic E-state index is 0.379. The highest BCUT2D eigenvalue weighted by atomic mass is 32.1. The van der Waals surface area contributed by atoms with Crippen molar-refractivity contribution in [3.05, 3.63) is 82.0 Å². The molecule has 0 spiro atoms. The number of esters is 1. The van der Waals surface area contributed by atoms with Crippen LogP contribution in [0.15, 0.2) is 66.0 Å². The first-order valence-corrected chi connectivity index (χ1v) is 8.31. The van der Waals surface area contributed by atoms with E-state index in [0.717, 1.165) is 11.1 Å². The van der Waals surface area contributed by atoms with Crippen LogP contribution in [0, 0.1) is 0 Å². The van der Waals surface area contributed by atoms with Crippen LogP contribution >= 0.6 is 11.3 Å². The maximum atomic E-state index is 12.1. The van der Waals surface area contributed by atoms with Gasteiger partial charge in [-0.1, -0.05) is 54.6 Å². The van der Waals surface area contributed by atoms with Crippen LogP contribution in [0.2, 0.25) is 0 Å². The summed E-state index contributed by atoms with van der Waals surface area (Å²) in [6.07, 6.45) is 4.01. The Morgan fingerprint density at radius 2 is 1.71 bits per heavy atom. The first kappa shape index (κ1) is 16.0. The molecule has 0 aliphatic heterocycles. The van der Waals surface area contributed by atoms with E-state index < -0.39 is 0 Å². The van der Waals surface area contributed by atoms with E-state index in [-0.39, 0.29) is 5.97 Å². The lowest BCUT2D eigenvalue weighted by Gasteiger charge is -2.09. The minimum atomic E-state index is -0.379. The van der Waals surface area contributed by atoms with Crippen LogP contribution < -0.4 is 9.47 Å². The molecule has 3 rings (SSSR count). The van der Waals surface area contributed by atoms with Crippen molar-refractivity contribution in [2.45, 2.75) is 0 Å². The normalized spacial score (nSPS) is 10.7. The topological polar surface area (TPSA) is 35.5 Å². The predicted molar refractivity (Wildman–Crippen MR) is 97.6 cm³/mol. The second-order valence-electron chi connectivity index (χ2n) is 5.02. The fourth-order valence-corrected chi connectivity index (χ4v) is 2.77. The van der Waals surface area contributed by atoms with Gasteiger partial charge >= 0.3 is 5.97 Å². The Morgan fingerprint density at radius 3 is 2.42 bits per heavy atom. The fraction of sp³-hybridized carbons (Fsp3) is 0.0500. The molecule has 0 aliphatic rings. The van der Waals surface area contributed by atoms with Crippen molar-refractivity contribution in [2.24, 2.45) is 0 Å². The molecule has 2 aromatic carbocycles. The molecule has 0 bridgehead atoms. The summed E-state index contributed by atoms with van der Waals surface area (Å²) >= 11 is 1.35. The van der Waals surface area contributed by atoms with E-state index in [1.54, 1.807) is 19.2 Å². The Labute approximate surface area is 144 Å². The molecule has 0 fully saturated rings. The van der Waals surface area contributed by atoms with Crippen LogP contribution in [0.5, 0.6) is 11.5 Å². The number of rotatable bonds is 5. The third-order valence-corrected chi connectivity index (χ3v) is 4.23. The summed E-state index contributed by atoms with van der Waals surface area (Å²) in [6.45, 7) is 0. The molecule has 24 heavy (non-hydrogen) atoms. The number of thiophene rings is 1. The third-order valence-electron chi connectivity index (χ3n) is 3.38. The monoisotopic (exact) mass is 336 g/mol. The third kappa shape index (κ3) is 3.91. The molecule has 0 amide bonds. The number of carbonyl (C=O) groups excluding carboxylic acids is 1. The lowest BCUT2D eigenvalue weighted by Crippen LogP contribution is -2.07. The van der Waals surface area contributed by atoms with Crippen molar-refractivity contribution in [1.82, 2.24) is 0 Å². The van der Waals surface area contributed by atoms with Gasteiger partial charge in [0, 0.05) is 0 Å². The maximum Gasteiger partial charge on any atom is 0.353 e. The molecular weight excluding hydrogens is 320 g/mol. The highest BCUT2D eigenvalue weighted by molar-refractivity contribution is 7.12. The van der Waals surface area contributed by atoms with Crippen LogP contribution in [0.4, 0.5) is 0 Å². The molecule has 0 atom stereocenters. The molecule has 1 heterocycles. The Hall–Kier alpha value is -2.85. The largest absolute Gasteiger partial charge is 0.493 e. The first-order chi connectivity index (χ1) is 11.8. The van der Waals surface area contributed by atoms with Gasteiger partial charge in [-0.25, -0.2) is 4.79 Å².